The minimum atomic E-state index is -0.569. The first-order chi connectivity index (χ1) is 9.49. The first kappa shape index (κ1) is 16.7. The quantitative estimate of drug-likeness (QED) is 0.437. The zero-order chi connectivity index (χ0) is 15.1. The van der Waals surface area contributed by atoms with E-state index in [9.17, 15) is 14.9 Å². The number of nitro groups is 1. The number of non-ortho nitro benzene ring substituents is 1. The van der Waals surface area contributed by atoms with Crippen LogP contribution in [0.25, 0.3) is 0 Å². The third-order valence-corrected chi connectivity index (χ3v) is 3.15. The van der Waals surface area contributed by atoms with Crippen LogP contribution in [0.15, 0.2) is 18.2 Å². The number of unbranched alkanes of at least 4 members (excludes halogenated alkanes) is 1. The molecule has 0 unspecified atom stereocenters. The highest BCUT2D eigenvalue weighted by Crippen LogP contribution is 2.22. The van der Waals surface area contributed by atoms with Gasteiger partial charge in [-0.3, -0.25) is 14.9 Å². The van der Waals surface area contributed by atoms with Crippen LogP contribution < -0.4 is 0 Å². The summed E-state index contributed by atoms with van der Waals surface area (Å²) in [5.41, 5.74) is 0.0209. The molecule has 0 aliphatic heterocycles. The normalized spacial score (nSPS) is 10.3. The van der Waals surface area contributed by atoms with Crippen LogP contribution >= 0.6 is 23.2 Å². The molecule has 0 N–H and O–H groups in total. The van der Waals surface area contributed by atoms with E-state index < -0.39 is 4.92 Å². The first-order valence-corrected chi connectivity index (χ1v) is 7.21. The second-order valence-corrected chi connectivity index (χ2v) is 5.10. The average Bonchev–Trinajstić information content (AvgIpc) is 2.42. The molecule has 0 aliphatic carbocycles. The van der Waals surface area contributed by atoms with Crippen molar-refractivity contribution in [3.63, 3.8) is 0 Å². The number of rotatable bonds is 7. The lowest BCUT2D eigenvalue weighted by Gasteiger charge is -2.21. The summed E-state index contributed by atoms with van der Waals surface area (Å²) in [6.07, 6.45) is 1.80. The molecule has 0 bridgehead atoms. The van der Waals surface area contributed by atoms with Gasteiger partial charge in [-0.15, -0.1) is 11.6 Å². The molecular weight excluding hydrogens is 303 g/mol. The molecule has 0 heterocycles. The number of carbonyl (C=O) groups is 1. The van der Waals surface area contributed by atoms with Crippen molar-refractivity contribution in [2.75, 3.05) is 19.0 Å². The number of carbonyl (C=O) groups excluding carboxylic acids is 1. The van der Waals surface area contributed by atoms with Gasteiger partial charge in [0, 0.05) is 41.7 Å². The van der Waals surface area contributed by atoms with E-state index in [1.165, 1.54) is 18.2 Å². The van der Waals surface area contributed by atoms with Gasteiger partial charge < -0.3 is 4.90 Å². The predicted molar refractivity (Wildman–Crippen MR) is 79.6 cm³/mol. The summed E-state index contributed by atoms with van der Waals surface area (Å²) < 4.78 is 0. The Balaban J connectivity index is 3.01. The number of hydrogen-bond acceptors (Lipinski definition) is 3. The second kappa shape index (κ2) is 8.07. The van der Waals surface area contributed by atoms with E-state index in [4.69, 9.17) is 23.2 Å². The number of benzene rings is 1. The van der Waals surface area contributed by atoms with Crippen LogP contribution in [-0.4, -0.2) is 34.7 Å². The molecule has 0 spiro atoms. The van der Waals surface area contributed by atoms with Gasteiger partial charge >= 0.3 is 0 Å². The lowest BCUT2D eigenvalue weighted by molar-refractivity contribution is -0.384. The minimum absolute atomic E-state index is 0.170. The van der Waals surface area contributed by atoms with Gasteiger partial charge in [0.15, 0.2) is 0 Å². The Morgan fingerprint density at radius 2 is 2.05 bits per heavy atom. The van der Waals surface area contributed by atoms with Crippen LogP contribution in [0.1, 0.15) is 30.1 Å². The van der Waals surface area contributed by atoms with Gasteiger partial charge in [0.1, 0.15) is 0 Å². The van der Waals surface area contributed by atoms with Crippen LogP contribution in [0.3, 0.4) is 0 Å². The Kier molecular flexibility index (Phi) is 6.75. The fourth-order valence-electron chi connectivity index (χ4n) is 1.75. The van der Waals surface area contributed by atoms with Crippen molar-refractivity contribution in [3.05, 3.63) is 38.9 Å². The Hall–Kier alpha value is -1.33. The molecule has 0 saturated heterocycles. The summed E-state index contributed by atoms with van der Waals surface area (Å²) in [6.45, 7) is 3.00. The summed E-state index contributed by atoms with van der Waals surface area (Å²) >= 11 is 11.5. The lowest BCUT2D eigenvalue weighted by Crippen LogP contribution is -2.33. The van der Waals surface area contributed by atoms with Crippen molar-refractivity contribution >= 4 is 34.8 Å². The SMILES string of the molecule is CCCCN(CCCl)C(=O)c1cc(Cl)cc([N+](=O)[O-])c1. The van der Waals surface area contributed by atoms with Crippen molar-refractivity contribution in [3.8, 4) is 0 Å². The van der Waals surface area contributed by atoms with E-state index in [2.05, 4.69) is 0 Å². The average molecular weight is 319 g/mol. The van der Waals surface area contributed by atoms with Gasteiger partial charge in [0.05, 0.1) is 4.92 Å². The zero-order valence-electron chi connectivity index (χ0n) is 11.1. The topological polar surface area (TPSA) is 63.5 Å². The summed E-state index contributed by atoms with van der Waals surface area (Å²) in [7, 11) is 0. The Bertz CT molecular complexity index is 495. The molecule has 5 nitrogen and oxygen atoms in total. The maximum Gasteiger partial charge on any atom is 0.271 e. The molecule has 0 aromatic heterocycles. The van der Waals surface area contributed by atoms with Crippen molar-refractivity contribution < 1.29 is 9.72 Å². The number of alkyl halides is 1. The highest BCUT2D eigenvalue weighted by Gasteiger charge is 2.18. The molecule has 20 heavy (non-hydrogen) atoms. The lowest BCUT2D eigenvalue weighted by atomic mass is 10.1. The summed E-state index contributed by atoms with van der Waals surface area (Å²) in [4.78, 5) is 24.2. The van der Waals surface area contributed by atoms with Gasteiger partial charge in [-0.2, -0.15) is 0 Å². The van der Waals surface area contributed by atoms with Crippen LogP contribution in [0, 0.1) is 10.1 Å². The molecule has 0 aliphatic rings. The van der Waals surface area contributed by atoms with Gasteiger partial charge in [0.2, 0.25) is 0 Å². The number of nitrogens with zero attached hydrogens (tertiary/aromatic N) is 2. The second-order valence-electron chi connectivity index (χ2n) is 4.29. The monoisotopic (exact) mass is 318 g/mol. The smallest absolute Gasteiger partial charge is 0.271 e. The molecule has 7 heteroatoms. The largest absolute Gasteiger partial charge is 0.337 e. The van der Waals surface area contributed by atoms with E-state index in [1.807, 2.05) is 6.92 Å². The van der Waals surface area contributed by atoms with Crippen LogP contribution in [0.2, 0.25) is 5.02 Å². The van der Waals surface area contributed by atoms with E-state index in [0.717, 1.165) is 12.8 Å². The van der Waals surface area contributed by atoms with Crippen LogP contribution in [0.5, 0.6) is 0 Å². The van der Waals surface area contributed by atoms with Gasteiger partial charge in [-0.1, -0.05) is 24.9 Å². The van der Waals surface area contributed by atoms with Gasteiger partial charge in [-0.05, 0) is 12.5 Å². The van der Waals surface area contributed by atoms with Crippen LogP contribution in [-0.2, 0) is 0 Å². The maximum absolute atomic E-state index is 12.4. The predicted octanol–water partition coefficient (Wildman–Crippen LogP) is 3.73. The minimum Gasteiger partial charge on any atom is -0.337 e. The molecular formula is C13H16Cl2N2O3. The molecule has 0 saturated carbocycles. The summed E-state index contributed by atoms with van der Waals surface area (Å²) in [5.74, 6) is 0.0303. The summed E-state index contributed by atoms with van der Waals surface area (Å²) in [5, 5.41) is 11.0. The van der Waals surface area contributed by atoms with E-state index in [0.29, 0.717) is 19.0 Å². The van der Waals surface area contributed by atoms with E-state index in [-0.39, 0.29) is 22.2 Å². The molecule has 0 fully saturated rings. The van der Waals surface area contributed by atoms with E-state index >= 15 is 0 Å². The van der Waals surface area contributed by atoms with Crippen molar-refractivity contribution in [2.24, 2.45) is 0 Å². The fraction of sp³-hybridized carbons (Fsp3) is 0.462. The first-order valence-electron chi connectivity index (χ1n) is 6.29. The zero-order valence-corrected chi connectivity index (χ0v) is 12.7. The standard InChI is InChI=1S/C13H16Cl2N2O3/c1-2-3-5-16(6-4-14)13(18)10-7-11(15)9-12(8-10)17(19)20/h7-9H,2-6H2,1H3. The van der Waals surface area contributed by atoms with Gasteiger partial charge in [-0.25, -0.2) is 0 Å². The third-order valence-electron chi connectivity index (χ3n) is 2.76. The molecule has 1 rings (SSSR count). The molecule has 0 radical (unpaired) electrons. The third kappa shape index (κ3) is 4.65. The molecule has 1 aromatic carbocycles. The summed E-state index contributed by atoms with van der Waals surface area (Å²) in [6, 6.07) is 3.89. The van der Waals surface area contributed by atoms with E-state index in [1.54, 1.807) is 4.90 Å². The Morgan fingerprint density at radius 3 is 2.60 bits per heavy atom. The fourth-order valence-corrected chi connectivity index (χ4v) is 2.18. The molecule has 1 amide bonds. The highest BCUT2D eigenvalue weighted by atomic mass is 35.5. The van der Waals surface area contributed by atoms with Crippen LogP contribution in [0.4, 0.5) is 5.69 Å². The van der Waals surface area contributed by atoms with Crippen molar-refractivity contribution in [2.45, 2.75) is 19.8 Å². The number of amides is 1. The Morgan fingerprint density at radius 1 is 1.35 bits per heavy atom. The molecule has 1 aromatic rings. The number of hydrogen-bond donors (Lipinski definition) is 0. The molecule has 110 valence electrons. The van der Waals surface area contributed by atoms with Crippen molar-refractivity contribution in [1.82, 2.24) is 4.90 Å². The maximum atomic E-state index is 12.4. The Labute approximate surface area is 127 Å². The van der Waals surface area contributed by atoms with Gasteiger partial charge in [0.25, 0.3) is 11.6 Å². The number of halogens is 2. The number of nitro benzene ring substituents is 1. The van der Waals surface area contributed by atoms with Crippen molar-refractivity contribution in [1.29, 1.82) is 0 Å². The molecule has 0 atom stereocenters. The highest BCUT2D eigenvalue weighted by molar-refractivity contribution is 6.31.